The minimum absolute atomic E-state index is 0.0224. The van der Waals surface area contributed by atoms with Gasteiger partial charge >= 0.3 is 0 Å². The molecule has 41 heavy (non-hydrogen) atoms. The minimum Gasteiger partial charge on any atom is -0.336 e. The number of hydrogen-bond acceptors (Lipinski definition) is 5. The Bertz CT molecular complexity index is 1020. The van der Waals surface area contributed by atoms with Gasteiger partial charge in [-0.15, -0.1) is 0 Å². The van der Waals surface area contributed by atoms with Crippen LogP contribution in [0.1, 0.15) is 109 Å². The van der Waals surface area contributed by atoms with E-state index in [1.165, 1.54) is 0 Å². The molecule has 2 heterocycles. The number of ketones is 4. The van der Waals surface area contributed by atoms with Crippen molar-refractivity contribution < 1.29 is 24.0 Å². The lowest BCUT2D eigenvalue weighted by Gasteiger charge is -2.35. The Balaban J connectivity index is 1.61. The molecular formula is C35H49NO5. The van der Waals surface area contributed by atoms with Gasteiger partial charge in [0.15, 0.2) is 0 Å². The van der Waals surface area contributed by atoms with Crippen molar-refractivity contribution in [1.29, 1.82) is 0 Å². The number of amides is 1. The fourth-order valence-electron chi connectivity index (χ4n) is 6.31. The highest BCUT2D eigenvalue weighted by molar-refractivity contribution is 6.37. The predicted octanol–water partition coefficient (Wildman–Crippen LogP) is 6.84. The number of rotatable bonds is 0. The largest absolute Gasteiger partial charge is 0.336 e. The maximum absolute atomic E-state index is 13.4. The normalized spacial score (nSPS) is 27.7. The van der Waals surface area contributed by atoms with E-state index in [-0.39, 0.29) is 29.6 Å². The second kappa shape index (κ2) is 18.5. The molecule has 0 N–H and O–H groups in total. The molecule has 1 saturated heterocycles. The van der Waals surface area contributed by atoms with Gasteiger partial charge in [-0.25, -0.2) is 0 Å². The predicted molar refractivity (Wildman–Crippen MR) is 162 cm³/mol. The number of allylic oxidation sites excluding steroid dienone is 8. The Labute approximate surface area is 246 Å². The van der Waals surface area contributed by atoms with E-state index in [0.29, 0.717) is 70.4 Å². The molecule has 6 heteroatoms. The summed E-state index contributed by atoms with van der Waals surface area (Å²) >= 11 is 0. The molecule has 3 aliphatic rings. The number of carbonyl (C=O) groups excluding carboxylic acids is 5. The zero-order chi connectivity index (χ0) is 29.3. The third-order valence-electron chi connectivity index (χ3n) is 8.69. The zero-order valence-electron chi connectivity index (χ0n) is 24.8. The van der Waals surface area contributed by atoms with Gasteiger partial charge < -0.3 is 4.90 Å². The monoisotopic (exact) mass is 563 g/mol. The van der Waals surface area contributed by atoms with Crippen LogP contribution in [0.3, 0.4) is 0 Å². The first-order valence-corrected chi connectivity index (χ1v) is 16.0. The van der Waals surface area contributed by atoms with Crippen molar-refractivity contribution in [3.63, 3.8) is 0 Å². The van der Waals surface area contributed by atoms with E-state index in [4.69, 9.17) is 0 Å². The molecule has 1 saturated carbocycles. The van der Waals surface area contributed by atoms with Crippen LogP contribution in [0.25, 0.3) is 0 Å². The molecule has 1 amide bonds. The van der Waals surface area contributed by atoms with Crippen LogP contribution in [0.15, 0.2) is 48.6 Å². The Morgan fingerprint density at radius 3 is 2.10 bits per heavy atom. The average Bonchev–Trinajstić information content (AvgIpc) is 2.98. The van der Waals surface area contributed by atoms with Crippen molar-refractivity contribution in [3.05, 3.63) is 48.6 Å². The number of fused-ring (bicyclic) bond motifs is 3. The second-order valence-electron chi connectivity index (χ2n) is 11.9. The van der Waals surface area contributed by atoms with Crippen LogP contribution in [-0.2, 0) is 24.0 Å². The maximum Gasteiger partial charge on any atom is 0.290 e. The molecule has 0 aromatic heterocycles. The average molecular weight is 564 g/mol. The van der Waals surface area contributed by atoms with Crippen LogP contribution in [-0.4, -0.2) is 47.0 Å². The van der Waals surface area contributed by atoms with Crippen molar-refractivity contribution in [2.24, 2.45) is 17.8 Å². The first kappa shape index (κ1) is 32.6. The summed E-state index contributed by atoms with van der Waals surface area (Å²) in [7, 11) is 0. The molecule has 0 spiro atoms. The summed E-state index contributed by atoms with van der Waals surface area (Å²) in [5, 5.41) is 0. The smallest absolute Gasteiger partial charge is 0.290 e. The number of carbonyl (C=O) groups is 5. The lowest BCUT2D eigenvalue weighted by atomic mass is 9.73. The van der Waals surface area contributed by atoms with Gasteiger partial charge in [-0.3, -0.25) is 24.0 Å². The van der Waals surface area contributed by atoms with Gasteiger partial charge in [0, 0.05) is 57.0 Å². The van der Waals surface area contributed by atoms with Gasteiger partial charge in [-0.2, -0.15) is 0 Å². The molecular weight excluding hydrogens is 514 g/mol. The molecule has 0 aromatic carbocycles. The van der Waals surface area contributed by atoms with Crippen molar-refractivity contribution >= 4 is 29.0 Å². The molecule has 1 aliphatic carbocycles. The van der Waals surface area contributed by atoms with Crippen molar-refractivity contribution in [3.8, 4) is 0 Å². The molecule has 2 bridgehead atoms. The fourth-order valence-corrected chi connectivity index (χ4v) is 6.31. The lowest BCUT2D eigenvalue weighted by Crippen LogP contribution is -2.47. The fraction of sp³-hybridized carbons (Fsp3) is 0.629. The third-order valence-corrected chi connectivity index (χ3v) is 8.69. The molecule has 6 nitrogen and oxygen atoms in total. The van der Waals surface area contributed by atoms with Gasteiger partial charge in [-0.05, 0) is 70.1 Å². The van der Waals surface area contributed by atoms with Gasteiger partial charge in [0.2, 0.25) is 5.78 Å². The second-order valence-corrected chi connectivity index (χ2v) is 11.9. The number of piperidine rings is 1. The summed E-state index contributed by atoms with van der Waals surface area (Å²) in [5.74, 6) is -0.993. The van der Waals surface area contributed by atoms with Crippen LogP contribution in [0, 0.1) is 17.8 Å². The van der Waals surface area contributed by atoms with Gasteiger partial charge in [0.1, 0.15) is 17.3 Å². The SMILES string of the molecule is O=C1CC=CCCC(=O)CCCC=CC=CC=CCCC2CCCN(C2)C(=O)C(=O)C2CCCCC2C(=O)CCC1. The highest BCUT2D eigenvalue weighted by atomic mass is 16.2. The van der Waals surface area contributed by atoms with Crippen LogP contribution < -0.4 is 0 Å². The molecule has 3 unspecified atom stereocenters. The third kappa shape index (κ3) is 11.9. The standard InChI is InChI=1S/C35H49NO5/c37-29-19-10-7-5-3-1-2-4-6-9-17-28-18-16-26-36(27-28)35(41)34(40)32-24-14-13-23-31(32)33(39)25-15-22-30(38)21-12-8-11-20-29/h1-6,8,12,28,31-32H,7,9-11,13-27H2. The summed E-state index contributed by atoms with van der Waals surface area (Å²) in [6.07, 6.45) is 27.7. The summed E-state index contributed by atoms with van der Waals surface area (Å²) in [6, 6.07) is 0. The Kier molecular flexibility index (Phi) is 14.7. The number of nitrogens with zero attached hydrogens (tertiary/aromatic N) is 1. The maximum atomic E-state index is 13.4. The first-order valence-electron chi connectivity index (χ1n) is 16.0. The van der Waals surface area contributed by atoms with E-state index < -0.39 is 17.7 Å². The minimum atomic E-state index is -0.523. The molecule has 0 radical (unpaired) electrons. The van der Waals surface area contributed by atoms with E-state index in [1.54, 1.807) is 4.90 Å². The van der Waals surface area contributed by atoms with Crippen LogP contribution >= 0.6 is 0 Å². The summed E-state index contributed by atoms with van der Waals surface area (Å²) in [4.78, 5) is 65.9. The zero-order valence-corrected chi connectivity index (χ0v) is 24.8. The van der Waals surface area contributed by atoms with Crippen LogP contribution in [0.5, 0.6) is 0 Å². The topological polar surface area (TPSA) is 88.6 Å². The summed E-state index contributed by atoms with van der Waals surface area (Å²) in [6.45, 7) is 1.23. The van der Waals surface area contributed by atoms with Gasteiger partial charge in [0.25, 0.3) is 5.91 Å². The Hall–Kier alpha value is -2.89. The van der Waals surface area contributed by atoms with Crippen molar-refractivity contribution in [2.45, 2.75) is 109 Å². The van der Waals surface area contributed by atoms with Crippen molar-refractivity contribution in [1.82, 2.24) is 4.90 Å². The van der Waals surface area contributed by atoms with E-state index in [0.717, 1.165) is 51.4 Å². The van der Waals surface area contributed by atoms with E-state index in [2.05, 4.69) is 12.2 Å². The Morgan fingerprint density at radius 1 is 0.561 bits per heavy atom. The summed E-state index contributed by atoms with van der Waals surface area (Å²) in [5.41, 5.74) is 0. The molecule has 0 aromatic rings. The van der Waals surface area contributed by atoms with E-state index >= 15 is 0 Å². The molecule has 3 atom stereocenters. The molecule has 2 fully saturated rings. The highest BCUT2D eigenvalue weighted by Gasteiger charge is 2.40. The Morgan fingerprint density at radius 2 is 1.29 bits per heavy atom. The molecule has 3 rings (SSSR count). The molecule has 2 aliphatic heterocycles. The van der Waals surface area contributed by atoms with Gasteiger partial charge in [-0.1, -0.05) is 61.4 Å². The highest BCUT2D eigenvalue weighted by Crippen LogP contribution is 2.33. The van der Waals surface area contributed by atoms with Crippen LogP contribution in [0.4, 0.5) is 0 Å². The van der Waals surface area contributed by atoms with Gasteiger partial charge in [0.05, 0.1) is 0 Å². The lowest BCUT2D eigenvalue weighted by molar-refractivity contribution is -0.150. The first-order chi connectivity index (χ1) is 20.0. The number of hydrogen-bond donors (Lipinski definition) is 0. The van der Waals surface area contributed by atoms with Crippen molar-refractivity contribution in [2.75, 3.05) is 13.1 Å². The quantitative estimate of drug-likeness (QED) is 0.238. The summed E-state index contributed by atoms with van der Waals surface area (Å²) < 4.78 is 0. The molecule has 224 valence electrons. The number of Topliss-reactive ketones (excluding diaryl/α,β-unsaturated/α-hetero) is 4. The van der Waals surface area contributed by atoms with Crippen LogP contribution in [0.2, 0.25) is 0 Å². The van der Waals surface area contributed by atoms with E-state index in [1.807, 2.05) is 36.5 Å². The van der Waals surface area contributed by atoms with E-state index in [9.17, 15) is 24.0 Å².